The van der Waals surface area contributed by atoms with Gasteiger partial charge >= 0.3 is 0 Å². The highest BCUT2D eigenvalue weighted by atomic mass is 16.5. The van der Waals surface area contributed by atoms with Crippen molar-refractivity contribution in [1.82, 2.24) is 29.7 Å². The number of aliphatic hydroxyl groups is 1. The molecule has 11 nitrogen and oxygen atoms in total. The number of benzene rings is 2. The molecule has 0 saturated carbocycles. The van der Waals surface area contributed by atoms with Gasteiger partial charge in [0.1, 0.15) is 23.8 Å². The van der Waals surface area contributed by atoms with Gasteiger partial charge in [-0.15, -0.1) is 5.10 Å². The first-order chi connectivity index (χ1) is 21.3. The lowest BCUT2D eigenvalue weighted by atomic mass is 9.73. The molecule has 11 heteroatoms. The second kappa shape index (κ2) is 10.7. The first kappa shape index (κ1) is 28.4. The average molecular weight is 597 g/mol. The first-order valence-electron chi connectivity index (χ1n) is 15.2. The SMILES string of the molecule is CC[C@]12C=CCN(Cc3ccccc3)C(=O)[C@H]1[C@H]1C(=O)N([C@H](C)CO)C3C(=O)N(Cn4nnc5ccccc54)CC=C[C@@]31O2. The Bertz CT molecular complexity index is 1670. The fourth-order valence-electron chi connectivity index (χ4n) is 7.62. The lowest BCUT2D eigenvalue weighted by Gasteiger charge is -2.40. The number of para-hydroxylation sites is 1. The van der Waals surface area contributed by atoms with E-state index in [-0.39, 0.29) is 37.5 Å². The van der Waals surface area contributed by atoms with E-state index >= 15 is 0 Å². The van der Waals surface area contributed by atoms with Crippen LogP contribution in [-0.2, 0) is 32.3 Å². The highest BCUT2D eigenvalue weighted by Gasteiger charge is 2.75. The van der Waals surface area contributed by atoms with Crippen LogP contribution in [0.2, 0.25) is 0 Å². The second-order valence-electron chi connectivity index (χ2n) is 12.2. The summed E-state index contributed by atoms with van der Waals surface area (Å²) in [6.45, 7) is 4.47. The van der Waals surface area contributed by atoms with Crippen LogP contribution in [0, 0.1) is 11.8 Å². The van der Waals surface area contributed by atoms with E-state index in [1.54, 1.807) is 21.4 Å². The number of aliphatic hydroxyl groups excluding tert-OH is 1. The summed E-state index contributed by atoms with van der Waals surface area (Å²) in [6.07, 6.45) is 8.01. The molecule has 1 spiro atoms. The third kappa shape index (κ3) is 4.13. The van der Waals surface area contributed by atoms with E-state index < -0.39 is 35.1 Å². The summed E-state index contributed by atoms with van der Waals surface area (Å²) in [6, 6.07) is 15.5. The maximum atomic E-state index is 14.6. The van der Waals surface area contributed by atoms with E-state index in [1.807, 2.05) is 85.8 Å². The van der Waals surface area contributed by atoms with E-state index in [2.05, 4.69) is 10.3 Å². The van der Waals surface area contributed by atoms with Crippen molar-refractivity contribution >= 4 is 28.8 Å². The highest BCUT2D eigenvalue weighted by molar-refractivity contribution is 6.00. The van der Waals surface area contributed by atoms with Gasteiger partial charge in [0, 0.05) is 19.6 Å². The minimum atomic E-state index is -1.40. The van der Waals surface area contributed by atoms with Crippen molar-refractivity contribution in [3.63, 3.8) is 0 Å². The molecular formula is C33H36N6O5. The molecule has 4 aliphatic heterocycles. The van der Waals surface area contributed by atoms with Crippen LogP contribution in [-0.4, -0.2) is 95.5 Å². The van der Waals surface area contributed by atoms with Crippen LogP contribution in [0.5, 0.6) is 0 Å². The van der Waals surface area contributed by atoms with Gasteiger partial charge in [-0.05, 0) is 31.0 Å². The van der Waals surface area contributed by atoms with E-state index in [9.17, 15) is 19.5 Å². The number of likely N-dealkylation sites (tertiary alicyclic amines) is 1. The minimum absolute atomic E-state index is 0.114. The normalized spacial score (nSPS) is 30.4. The Morgan fingerprint density at radius 2 is 1.66 bits per heavy atom. The van der Waals surface area contributed by atoms with Crippen LogP contribution in [0.4, 0.5) is 0 Å². The molecule has 4 aliphatic rings. The monoisotopic (exact) mass is 596 g/mol. The maximum Gasteiger partial charge on any atom is 0.250 e. The first-order valence-corrected chi connectivity index (χ1v) is 15.2. The largest absolute Gasteiger partial charge is 0.394 e. The molecule has 1 N–H and O–H groups in total. The molecule has 0 radical (unpaired) electrons. The zero-order chi connectivity index (χ0) is 30.6. The van der Waals surface area contributed by atoms with Crippen molar-refractivity contribution in [2.24, 2.45) is 11.8 Å². The maximum absolute atomic E-state index is 14.6. The Balaban J connectivity index is 1.30. The van der Waals surface area contributed by atoms with Crippen LogP contribution in [0.1, 0.15) is 25.8 Å². The predicted molar refractivity (Wildman–Crippen MR) is 160 cm³/mol. The topological polar surface area (TPSA) is 121 Å². The molecule has 2 saturated heterocycles. The quantitative estimate of drug-likeness (QED) is 0.415. The number of ether oxygens (including phenoxy) is 1. The van der Waals surface area contributed by atoms with Crippen LogP contribution < -0.4 is 0 Å². The summed E-state index contributed by atoms with van der Waals surface area (Å²) in [7, 11) is 0. The molecule has 6 atom stereocenters. The molecule has 44 heavy (non-hydrogen) atoms. The number of hydrogen-bond donors (Lipinski definition) is 1. The van der Waals surface area contributed by atoms with Crippen molar-refractivity contribution in [2.75, 3.05) is 19.7 Å². The standard InChI is InChI=1S/C33H36N6O5/c1-3-32-15-9-17-36(19-23-11-5-4-6-12-23)29(41)26(32)27-30(42)39(22(2)20-40)28-31(43)37(18-10-16-33(27,28)44-32)21-38-25-14-8-7-13-24(25)34-35-38/h4-16,22,26-28,40H,3,17-21H2,1-2H3/t22-,26-,27+,28?,32+,33+/m1/s1. The van der Waals surface area contributed by atoms with Gasteiger partial charge in [0.15, 0.2) is 0 Å². The van der Waals surface area contributed by atoms with E-state index in [1.165, 1.54) is 4.90 Å². The van der Waals surface area contributed by atoms with Gasteiger partial charge in [-0.25, -0.2) is 4.68 Å². The van der Waals surface area contributed by atoms with Gasteiger partial charge in [0.25, 0.3) is 5.91 Å². The molecule has 3 aromatic rings. The Morgan fingerprint density at radius 1 is 0.932 bits per heavy atom. The van der Waals surface area contributed by atoms with Crippen LogP contribution in [0.25, 0.3) is 11.0 Å². The third-order valence-corrected chi connectivity index (χ3v) is 9.72. The van der Waals surface area contributed by atoms with E-state index in [4.69, 9.17) is 4.74 Å². The van der Waals surface area contributed by atoms with Gasteiger partial charge < -0.3 is 24.5 Å². The molecule has 3 amide bonds. The van der Waals surface area contributed by atoms with E-state index in [0.29, 0.717) is 25.0 Å². The lowest BCUT2D eigenvalue weighted by Crippen LogP contribution is -2.58. The summed E-state index contributed by atoms with van der Waals surface area (Å²) in [5, 5.41) is 18.8. The van der Waals surface area contributed by atoms with Crippen LogP contribution in [0.15, 0.2) is 78.9 Å². The Hall–Kier alpha value is -4.35. The number of carbonyl (C=O) groups excluding carboxylic acids is 3. The number of fused-ring (bicyclic) bond motifs is 3. The number of hydrogen-bond acceptors (Lipinski definition) is 7. The lowest BCUT2D eigenvalue weighted by molar-refractivity contribution is -0.157. The summed E-state index contributed by atoms with van der Waals surface area (Å²) >= 11 is 0. The van der Waals surface area contributed by atoms with E-state index in [0.717, 1.165) is 11.1 Å². The molecule has 0 aliphatic carbocycles. The zero-order valence-corrected chi connectivity index (χ0v) is 24.8. The fraction of sp³-hybridized carbons (Fsp3) is 0.424. The summed E-state index contributed by atoms with van der Waals surface area (Å²) in [4.78, 5) is 48.5. The van der Waals surface area contributed by atoms with Crippen molar-refractivity contribution in [1.29, 1.82) is 0 Å². The third-order valence-electron chi connectivity index (χ3n) is 9.72. The molecule has 5 heterocycles. The molecule has 0 bridgehead atoms. The molecule has 2 fully saturated rings. The highest BCUT2D eigenvalue weighted by Crippen LogP contribution is 2.59. The van der Waals surface area contributed by atoms with Gasteiger partial charge in [-0.2, -0.15) is 0 Å². The number of rotatable bonds is 7. The van der Waals surface area contributed by atoms with Crippen LogP contribution in [0.3, 0.4) is 0 Å². The van der Waals surface area contributed by atoms with Crippen molar-refractivity contribution in [3.8, 4) is 0 Å². The molecule has 228 valence electrons. The Kier molecular flexibility index (Phi) is 6.89. The molecular weight excluding hydrogens is 560 g/mol. The Morgan fingerprint density at radius 3 is 2.43 bits per heavy atom. The Labute approximate surface area is 255 Å². The molecule has 7 rings (SSSR count). The van der Waals surface area contributed by atoms with Gasteiger partial charge in [0.2, 0.25) is 11.8 Å². The van der Waals surface area contributed by atoms with Gasteiger partial charge in [-0.3, -0.25) is 14.4 Å². The van der Waals surface area contributed by atoms with Crippen molar-refractivity contribution in [2.45, 2.75) is 56.8 Å². The molecule has 1 unspecified atom stereocenters. The van der Waals surface area contributed by atoms with Gasteiger partial charge in [0.05, 0.1) is 35.6 Å². The van der Waals surface area contributed by atoms with Crippen molar-refractivity contribution < 1.29 is 24.2 Å². The summed E-state index contributed by atoms with van der Waals surface area (Å²) < 4.78 is 8.68. The van der Waals surface area contributed by atoms with Gasteiger partial charge in [-0.1, -0.05) is 78.9 Å². The molecule has 1 aromatic heterocycles. The smallest absolute Gasteiger partial charge is 0.250 e. The number of carbonyl (C=O) groups is 3. The average Bonchev–Trinajstić information content (AvgIpc) is 3.59. The number of aromatic nitrogens is 3. The predicted octanol–water partition coefficient (Wildman–Crippen LogP) is 2.13. The number of nitrogens with zero attached hydrogens (tertiary/aromatic N) is 6. The summed E-state index contributed by atoms with van der Waals surface area (Å²) in [5.41, 5.74) is 0.00892. The summed E-state index contributed by atoms with van der Waals surface area (Å²) in [5.74, 6) is -2.65. The van der Waals surface area contributed by atoms with Crippen molar-refractivity contribution in [3.05, 3.63) is 84.5 Å². The molecule has 2 aromatic carbocycles. The number of amides is 3. The fourth-order valence-corrected chi connectivity index (χ4v) is 7.62. The van der Waals surface area contributed by atoms with Crippen LogP contribution >= 0.6 is 0 Å². The minimum Gasteiger partial charge on any atom is -0.394 e. The second-order valence-corrected chi connectivity index (χ2v) is 12.2. The zero-order valence-electron chi connectivity index (χ0n) is 24.8.